The SMILES string of the molecule is CN(C(=O)COc1ccc2c3c(c(=O)oc2c1)CCCC3)C1CCS(=O)(=O)C1. The molecule has 1 aromatic heterocycles. The maximum atomic E-state index is 12.4. The van der Waals surface area contributed by atoms with Crippen molar-refractivity contribution in [3.8, 4) is 5.75 Å². The number of rotatable bonds is 4. The molecule has 0 radical (unpaired) electrons. The quantitative estimate of drug-likeness (QED) is 0.719. The van der Waals surface area contributed by atoms with Crippen LogP contribution in [-0.2, 0) is 27.5 Å². The molecule has 7 nitrogen and oxygen atoms in total. The lowest BCUT2D eigenvalue weighted by molar-refractivity contribution is -0.133. The van der Waals surface area contributed by atoms with Crippen LogP contribution in [0.15, 0.2) is 27.4 Å². The van der Waals surface area contributed by atoms with Gasteiger partial charge in [-0.25, -0.2) is 13.2 Å². The smallest absolute Gasteiger partial charge is 0.339 e. The Hall–Kier alpha value is -2.35. The molecule has 2 aliphatic rings. The van der Waals surface area contributed by atoms with Gasteiger partial charge >= 0.3 is 5.63 Å². The second kappa shape index (κ2) is 7.24. The number of carbonyl (C=O) groups excluding carboxylic acids is 1. The van der Waals surface area contributed by atoms with Gasteiger partial charge in [-0.05, 0) is 49.8 Å². The third-order valence-electron chi connectivity index (χ3n) is 5.71. The molecule has 2 aromatic rings. The zero-order valence-electron chi connectivity index (χ0n) is 15.8. The second-order valence-electron chi connectivity index (χ2n) is 7.56. The molecule has 2 heterocycles. The Morgan fingerprint density at radius 2 is 2.00 bits per heavy atom. The number of fused-ring (bicyclic) bond motifs is 3. The predicted octanol–water partition coefficient (Wildman–Crippen LogP) is 1.70. The summed E-state index contributed by atoms with van der Waals surface area (Å²) in [6.07, 6.45) is 4.13. The van der Waals surface area contributed by atoms with E-state index in [1.807, 2.05) is 6.07 Å². The molecular weight excluding hydrogens is 382 g/mol. The Labute approximate surface area is 163 Å². The van der Waals surface area contributed by atoms with E-state index in [1.165, 1.54) is 4.90 Å². The zero-order valence-corrected chi connectivity index (χ0v) is 16.6. The normalized spacial score (nSPS) is 20.7. The number of hydrogen-bond acceptors (Lipinski definition) is 6. The molecule has 150 valence electrons. The summed E-state index contributed by atoms with van der Waals surface area (Å²) in [6.45, 7) is -0.201. The highest BCUT2D eigenvalue weighted by Gasteiger charge is 2.32. The maximum absolute atomic E-state index is 12.4. The highest BCUT2D eigenvalue weighted by molar-refractivity contribution is 7.91. The van der Waals surface area contributed by atoms with Gasteiger partial charge in [-0.15, -0.1) is 0 Å². The van der Waals surface area contributed by atoms with Gasteiger partial charge in [-0.1, -0.05) is 0 Å². The molecule has 1 unspecified atom stereocenters. The Balaban J connectivity index is 1.48. The summed E-state index contributed by atoms with van der Waals surface area (Å²) in [7, 11) is -1.45. The fourth-order valence-corrected chi connectivity index (χ4v) is 5.82. The van der Waals surface area contributed by atoms with Crippen molar-refractivity contribution >= 4 is 26.7 Å². The first-order valence-corrected chi connectivity index (χ1v) is 11.3. The molecule has 1 saturated heterocycles. The summed E-state index contributed by atoms with van der Waals surface area (Å²) in [5.41, 5.74) is 2.00. The molecule has 0 bridgehead atoms. The van der Waals surface area contributed by atoms with Crippen molar-refractivity contribution in [3.63, 3.8) is 0 Å². The first-order valence-electron chi connectivity index (χ1n) is 9.51. The lowest BCUT2D eigenvalue weighted by atomic mass is 9.91. The van der Waals surface area contributed by atoms with Crippen LogP contribution in [0, 0.1) is 0 Å². The molecule has 1 aliphatic heterocycles. The van der Waals surface area contributed by atoms with E-state index in [9.17, 15) is 18.0 Å². The van der Waals surface area contributed by atoms with Crippen LogP contribution in [0.3, 0.4) is 0 Å². The lowest BCUT2D eigenvalue weighted by Crippen LogP contribution is -2.40. The van der Waals surface area contributed by atoms with Gasteiger partial charge in [-0.2, -0.15) is 0 Å². The van der Waals surface area contributed by atoms with Crippen molar-refractivity contribution in [2.75, 3.05) is 25.2 Å². The number of sulfone groups is 1. The van der Waals surface area contributed by atoms with Crippen molar-refractivity contribution in [1.82, 2.24) is 4.90 Å². The van der Waals surface area contributed by atoms with Crippen molar-refractivity contribution < 1.29 is 22.4 Å². The number of carbonyl (C=O) groups is 1. The van der Waals surface area contributed by atoms with Gasteiger partial charge in [0.15, 0.2) is 16.4 Å². The number of nitrogens with zero attached hydrogens (tertiary/aromatic N) is 1. The van der Waals surface area contributed by atoms with Crippen molar-refractivity contribution in [2.24, 2.45) is 0 Å². The fraction of sp³-hybridized carbons (Fsp3) is 0.500. The number of likely N-dealkylation sites (N-methyl/N-ethyl adjacent to an activating group) is 1. The van der Waals surface area contributed by atoms with Crippen LogP contribution in [-0.4, -0.2) is 50.4 Å². The zero-order chi connectivity index (χ0) is 19.9. The van der Waals surface area contributed by atoms with Gasteiger partial charge in [0.05, 0.1) is 11.5 Å². The number of ether oxygens (including phenoxy) is 1. The van der Waals surface area contributed by atoms with Crippen LogP contribution in [0.1, 0.15) is 30.4 Å². The first kappa shape index (κ1) is 19.0. The number of hydrogen-bond donors (Lipinski definition) is 0. The Morgan fingerprint density at radius 1 is 1.25 bits per heavy atom. The van der Waals surface area contributed by atoms with Gasteiger partial charge in [0.2, 0.25) is 0 Å². The topological polar surface area (TPSA) is 93.9 Å². The molecule has 4 rings (SSSR count). The molecule has 1 amide bonds. The van der Waals surface area contributed by atoms with E-state index < -0.39 is 9.84 Å². The molecule has 0 saturated carbocycles. The van der Waals surface area contributed by atoms with Crippen LogP contribution in [0.25, 0.3) is 11.0 Å². The largest absolute Gasteiger partial charge is 0.484 e. The van der Waals surface area contributed by atoms with E-state index in [4.69, 9.17) is 9.15 Å². The molecule has 8 heteroatoms. The Morgan fingerprint density at radius 3 is 2.71 bits per heavy atom. The van der Waals surface area contributed by atoms with Crippen molar-refractivity contribution in [1.29, 1.82) is 0 Å². The van der Waals surface area contributed by atoms with E-state index in [1.54, 1.807) is 19.2 Å². The summed E-state index contributed by atoms with van der Waals surface area (Å²) < 4.78 is 34.2. The highest BCUT2D eigenvalue weighted by atomic mass is 32.2. The molecule has 1 fully saturated rings. The van der Waals surface area contributed by atoms with E-state index >= 15 is 0 Å². The van der Waals surface area contributed by atoms with Gasteiger partial charge < -0.3 is 14.1 Å². The van der Waals surface area contributed by atoms with Crippen LogP contribution in [0.2, 0.25) is 0 Å². The fourth-order valence-electron chi connectivity index (χ4n) is 4.05. The minimum absolute atomic E-state index is 0.00147. The van der Waals surface area contributed by atoms with Crippen molar-refractivity contribution in [3.05, 3.63) is 39.7 Å². The van der Waals surface area contributed by atoms with Gasteiger partial charge in [0.25, 0.3) is 5.91 Å². The molecule has 0 spiro atoms. The molecule has 28 heavy (non-hydrogen) atoms. The van der Waals surface area contributed by atoms with E-state index in [0.717, 1.165) is 42.2 Å². The van der Waals surface area contributed by atoms with Gasteiger partial charge in [0.1, 0.15) is 11.3 Å². The molecule has 0 N–H and O–H groups in total. The Bertz CT molecular complexity index is 1090. The van der Waals surface area contributed by atoms with Gasteiger partial charge in [0, 0.05) is 30.1 Å². The first-order chi connectivity index (χ1) is 13.3. The average molecular weight is 405 g/mol. The summed E-state index contributed by atoms with van der Waals surface area (Å²) in [5, 5.41) is 0.918. The van der Waals surface area contributed by atoms with Crippen LogP contribution in [0.5, 0.6) is 5.75 Å². The summed E-state index contributed by atoms with van der Waals surface area (Å²) in [5.74, 6) is 0.271. The standard InChI is InChI=1S/C20H23NO6S/c1-21(13-8-9-28(24,25)12-13)19(22)11-26-14-6-7-16-15-4-2-3-5-17(15)20(23)27-18(16)10-14/h6-7,10,13H,2-5,8-9,11-12H2,1H3. The van der Waals surface area contributed by atoms with Gasteiger partial charge in [-0.3, -0.25) is 4.79 Å². The third-order valence-corrected chi connectivity index (χ3v) is 7.46. The Kier molecular flexibility index (Phi) is 4.91. The molecule has 1 aromatic carbocycles. The van der Waals surface area contributed by atoms with E-state index in [2.05, 4.69) is 0 Å². The lowest BCUT2D eigenvalue weighted by Gasteiger charge is -2.23. The van der Waals surface area contributed by atoms with E-state index in [0.29, 0.717) is 17.8 Å². The summed E-state index contributed by atoms with van der Waals surface area (Å²) >= 11 is 0. The summed E-state index contributed by atoms with van der Waals surface area (Å²) in [6, 6.07) is 4.97. The number of amides is 1. The highest BCUT2D eigenvalue weighted by Crippen LogP contribution is 2.29. The van der Waals surface area contributed by atoms with E-state index in [-0.39, 0.29) is 35.7 Å². The second-order valence-corrected chi connectivity index (χ2v) is 9.79. The van der Waals surface area contributed by atoms with Crippen LogP contribution < -0.4 is 10.4 Å². The monoisotopic (exact) mass is 405 g/mol. The minimum atomic E-state index is -3.05. The van der Waals surface area contributed by atoms with Crippen LogP contribution >= 0.6 is 0 Å². The number of benzene rings is 1. The van der Waals surface area contributed by atoms with Crippen molar-refractivity contribution in [2.45, 2.75) is 38.1 Å². The molecule has 1 aliphatic carbocycles. The third kappa shape index (κ3) is 3.65. The average Bonchev–Trinajstić information content (AvgIpc) is 3.05. The number of aryl methyl sites for hydroxylation is 1. The predicted molar refractivity (Wildman–Crippen MR) is 104 cm³/mol. The molecular formula is C20H23NO6S. The van der Waals surface area contributed by atoms with Crippen LogP contribution in [0.4, 0.5) is 0 Å². The summed E-state index contributed by atoms with van der Waals surface area (Å²) in [4.78, 5) is 26.0. The molecule has 1 atom stereocenters. The minimum Gasteiger partial charge on any atom is -0.484 e. The maximum Gasteiger partial charge on any atom is 0.339 e.